The molecule has 0 saturated carbocycles. The van der Waals surface area contributed by atoms with E-state index in [1.807, 2.05) is 12.1 Å². The van der Waals surface area contributed by atoms with Gasteiger partial charge in [0.05, 0.1) is 18.2 Å². The number of nitrogens with one attached hydrogen (secondary N) is 6. The van der Waals surface area contributed by atoms with Gasteiger partial charge in [0.2, 0.25) is 11.8 Å². The van der Waals surface area contributed by atoms with E-state index in [1.54, 1.807) is 98.7 Å². The highest BCUT2D eigenvalue weighted by atomic mass is 35.5. The number of carboxylic acids is 1. The van der Waals surface area contributed by atoms with Crippen LogP contribution in [0.25, 0.3) is 11.1 Å². The first-order chi connectivity index (χ1) is 28.1. The topological polar surface area (TPSA) is 266 Å². The van der Waals surface area contributed by atoms with Gasteiger partial charge in [0, 0.05) is 17.1 Å². The summed E-state index contributed by atoms with van der Waals surface area (Å²) in [4.78, 5) is 90.8. The molecule has 0 aliphatic carbocycles. The van der Waals surface area contributed by atoms with Crippen LogP contribution in [0.5, 0.6) is 0 Å². The minimum Gasteiger partial charge on any atom is -0.480 e. The molecular formula is C42H62ClN7O11. The van der Waals surface area contributed by atoms with E-state index in [-0.39, 0.29) is 18.5 Å². The molecule has 2 aromatic rings. The lowest BCUT2D eigenvalue weighted by Crippen LogP contribution is -2.63. The first kappa shape index (κ1) is 51.7. The lowest BCUT2D eigenvalue weighted by molar-refractivity contribution is -0.143. The molecule has 0 spiro atoms. The molecule has 0 saturated heterocycles. The van der Waals surface area contributed by atoms with Gasteiger partial charge in [0.25, 0.3) is 11.8 Å². The van der Waals surface area contributed by atoms with Gasteiger partial charge >= 0.3 is 18.2 Å². The van der Waals surface area contributed by atoms with Crippen LogP contribution in [-0.4, -0.2) is 107 Å². The Morgan fingerprint density at radius 3 is 1.69 bits per heavy atom. The Morgan fingerprint density at radius 1 is 0.656 bits per heavy atom. The van der Waals surface area contributed by atoms with Gasteiger partial charge in [-0.25, -0.2) is 14.4 Å². The Labute approximate surface area is 362 Å². The van der Waals surface area contributed by atoms with Crippen molar-refractivity contribution in [3.8, 4) is 11.1 Å². The fraction of sp³-hybridized carbons (Fsp3) is 0.548. The molecule has 0 heterocycles. The van der Waals surface area contributed by atoms with Crippen molar-refractivity contribution in [3.63, 3.8) is 0 Å². The minimum absolute atomic E-state index is 0.0240. The van der Waals surface area contributed by atoms with Crippen molar-refractivity contribution in [3.05, 3.63) is 59.1 Å². The lowest BCUT2D eigenvalue weighted by Gasteiger charge is -2.32. The smallest absolute Gasteiger partial charge is 0.407 e. The molecule has 0 fully saturated rings. The molecule has 19 heteroatoms. The Balaban J connectivity index is 2.24. The number of ether oxygens (including phenoxy) is 3. The molecule has 0 bridgehead atoms. The largest absolute Gasteiger partial charge is 0.480 e. The number of carbonyl (C=O) groups is 7. The highest BCUT2D eigenvalue weighted by Crippen LogP contribution is 2.22. The Bertz CT molecular complexity index is 1820. The summed E-state index contributed by atoms with van der Waals surface area (Å²) in [5.74, 6) is -4.96. The second-order valence-corrected chi connectivity index (χ2v) is 17.7. The first-order valence-electron chi connectivity index (χ1n) is 19.8. The number of aliphatic carboxylic acids is 1. The number of unbranched alkanes of at least 4 members (excludes halogenated alkanes) is 1. The third-order valence-corrected chi connectivity index (χ3v) is 8.42. The maximum Gasteiger partial charge on any atom is 0.407 e. The Hall–Kier alpha value is -5.46. The second-order valence-electron chi connectivity index (χ2n) is 17.2. The van der Waals surface area contributed by atoms with Gasteiger partial charge in [0.15, 0.2) is 6.17 Å². The van der Waals surface area contributed by atoms with Crippen molar-refractivity contribution >= 4 is 53.4 Å². The fourth-order valence-electron chi connectivity index (χ4n) is 5.49. The van der Waals surface area contributed by atoms with E-state index < -0.39 is 95.5 Å². The van der Waals surface area contributed by atoms with E-state index in [4.69, 9.17) is 31.5 Å². The van der Waals surface area contributed by atoms with Gasteiger partial charge in [-0.3, -0.25) is 19.2 Å². The van der Waals surface area contributed by atoms with Crippen molar-refractivity contribution < 1.29 is 52.9 Å². The zero-order chi connectivity index (χ0) is 46.3. The molecule has 6 amide bonds. The lowest BCUT2D eigenvalue weighted by atomic mass is 10.0. The molecule has 0 radical (unpaired) electrons. The van der Waals surface area contributed by atoms with Crippen LogP contribution < -0.4 is 37.6 Å². The Morgan fingerprint density at radius 2 is 1.18 bits per heavy atom. The molecule has 0 aromatic heterocycles. The summed E-state index contributed by atoms with van der Waals surface area (Å²) in [6.07, 6.45) is -3.69. The number of benzene rings is 2. The zero-order valence-corrected chi connectivity index (χ0v) is 37.3. The number of alkyl carbamates (subject to hydrolysis) is 2. The van der Waals surface area contributed by atoms with Crippen LogP contribution >= 0.6 is 11.6 Å². The van der Waals surface area contributed by atoms with E-state index in [2.05, 4.69) is 31.9 Å². The van der Waals surface area contributed by atoms with Crippen LogP contribution in [0, 0.1) is 0 Å². The van der Waals surface area contributed by atoms with Crippen LogP contribution in [0.2, 0.25) is 5.02 Å². The van der Waals surface area contributed by atoms with Gasteiger partial charge in [-0.15, -0.1) is 0 Å². The SMILES string of the molecule is CC(OC(C)(C)C)C(NC(=O)C(CNC(=O)OC(C)(C)C)NC(=O)c1ccc(-c2ccc(Cl)cc2)cc1)C(=O)NC(N)C(=O)NC(CCCCNC(=O)OC(C)(C)C)C(=O)O. The van der Waals surface area contributed by atoms with Crippen molar-refractivity contribution in [1.29, 1.82) is 0 Å². The summed E-state index contributed by atoms with van der Waals surface area (Å²) in [7, 11) is 0. The monoisotopic (exact) mass is 875 g/mol. The number of hydrogen-bond donors (Lipinski definition) is 8. The highest BCUT2D eigenvalue weighted by molar-refractivity contribution is 6.30. The molecule has 2 rings (SSSR count). The Kier molecular flexibility index (Phi) is 19.4. The van der Waals surface area contributed by atoms with E-state index >= 15 is 0 Å². The molecule has 61 heavy (non-hydrogen) atoms. The predicted octanol–water partition coefficient (Wildman–Crippen LogP) is 3.98. The van der Waals surface area contributed by atoms with Gasteiger partial charge in [0.1, 0.15) is 29.3 Å². The third-order valence-electron chi connectivity index (χ3n) is 8.17. The van der Waals surface area contributed by atoms with Crippen LogP contribution in [0.15, 0.2) is 48.5 Å². The molecule has 5 atom stereocenters. The number of amides is 6. The summed E-state index contributed by atoms with van der Waals surface area (Å²) in [6.45, 7) is 16.5. The summed E-state index contributed by atoms with van der Waals surface area (Å²) < 4.78 is 16.5. The van der Waals surface area contributed by atoms with Crippen LogP contribution in [0.3, 0.4) is 0 Å². The molecule has 2 aromatic carbocycles. The summed E-state index contributed by atoms with van der Waals surface area (Å²) >= 11 is 6.01. The summed E-state index contributed by atoms with van der Waals surface area (Å²) in [5, 5.41) is 25.1. The van der Waals surface area contributed by atoms with E-state index in [1.165, 1.54) is 6.92 Å². The van der Waals surface area contributed by atoms with Gasteiger partial charge in [-0.2, -0.15) is 0 Å². The van der Waals surface area contributed by atoms with E-state index in [0.717, 1.165) is 11.1 Å². The average Bonchev–Trinajstić information content (AvgIpc) is 3.12. The minimum atomic E-state index is -1.77. The van der Waals surface area contributed by atoms with Crippen molar-refractivity contribution in [2.75, 3.05) is 13.1 Å². The summed E-state index contributed by atoms with van der Waals surface area (Å²) in [6, 6.07) is 9.25. The average molecular weight is 876 g/mol. The molecule has 338 valence electrons. The quantitative estimate of drug-likeness (QED) is 0.0736. The first-order valence-corrected chi connectivity index (χ1v) is 20.2. The number of nitrogens with two attached hydrogens (primary N) is 1. The van der Waals surface area contributed by atoms with E-state index in [0.29, 0.717) is 17.9 Å². The number of rotatable bonds is 19. The maximum absolute atomic E-state index is 14.0. The van der Waals surface area contributed by atoms with Gasteiger partial charge in [-0.1, -0.05) is 35.9 Å². The number of hydrogen-bond acceptors (Lipinski definition) is 11. The number of halogens is 1. The number of carboxylic acid groups (broad SMARTS) is 1. The third kappa shape index (κ3) is 20.1. The van der Waals surface area contributed by atoms with Crippen molar-refractivity contribution in [2.45, 2.75) is 136 Å². The van der Waals surface area contributed by atoms with Gasteiger partial charge < -0.3 is 57.0 Å². The summed E-state index contributed by atoms with van der Waals surface area (Å²) in [5.41, 5.74) is 5.46. The molecule has 18 nitrogen and oxygen atoms in total. The fourth-order valence-corrected chi connectivity index (χ4v) is 5.61. The van der Waals surface area contributed by atoms with Gasteiger partial charge in [-0.05, 0) is 124 Å². The standard InChI is InChI=1S/C42H62ClN7O11/c1-24(59-40(2,3)4)31(35(53)50-32(44)36(54)47-29(37(55)56)13-11-12-22-45-38(57)60-41(5,6)7)49-34(52)30(23-46-39(58)61-42(8,9)10)48-33(51)27-16-14-25(15-17-27)26-18-20-28(43)21-19-26/h14-21,24,29-32H,11-13,22-23,44H2,1-10H3,(H,45,57)(H,46,58)(H,47,54)(H,48,51)(H,49,52)(H,50,53)(H,55,56). The maximum atomic E-state index is 14.0. The van der Waals surface area contributed by atoms with Crippen LogP contribution in [0.4, 0.5) is 9.59 Å². The molecule has 0 aliphatic rings. The second kappa shape index (κ2) is 22.9. The molecule has 0 aliphatic heterocycles. The van der Waals surface area contributed by atoms with Crippen LogP contribution in [0.1, 0.15) is 98.9 Å². The molecular weight excluding hydrogens is 814 g/mol. The molecule has 9 N–H and O–H groups in total. The van der Waals surface area contributed by atoms with Crippen LogP contribution in [-0.2, 0) is 33.4 Å². The normalized spacial score (nSPS) is 14.2. The zero-order valence-electron chi connectivity index (χ0n) is 36.5. The predicted molar refractivity (Wildman–Crippen MR) is 228 cm³/mol. The van der Waals surface area contributed by atoms with Crippen molar-refractivity contribution in [1.82, 2.24) is 31.9 Å². The molecule has 5 unspecified atom stereocenters. The van der Waals surface area contributed by atoms with E-state index in [9.17, 15) is 38.7 Å². The number of carbonyl (C=O) groups excluding carboxylic acids is 6. The van der Waals surface area contributed by atoms with Crippen molar-refractivity contribution in [2.24, 2.45) is 5.73 Å². The highest BCUT2D eigenvalue weighted by Gasteiger charge is 2.35.